The van der Waals surface area contributed by atoms with E-state index < -0.39 is 0 Å². The summed E-state index contributed by atoms with van der Waals surface area (Å²) in [5.41, 5.74) is 10.3. The van der Waals surface area contributed by atoms with Crippen molar-refractivity contribution in [3.63, 3.8) is 0 Å². The second-order valence-electron chi connectivity index (χ2n) is 6.05. The summed E-state index contributed by atoms with van der Waals surface area (Å²) in [6.07, 6.45) is 2.08. The maximum absolute atomic E-state index is 6.36. The highest BCUT2D eigenvalue weighted by Crippen LogP contribution is 2.43. The van der Waals surface area contributed by atoms with Gasteiger partial charge < -0.3 is 15.5 Å². The molecule has 0 aliphatic heterocycles. The van der Waals surface area contributed by atoms with Gasteiger partial charge in [-0.15, -0.1) is 0 Å². The first-order chi connectivity index (χ1) is 8.52. The van der Waals surface area contributed by atoms with Crippen LogP contribution >= 0.6 is 0 Å². The van der Waals surface area contributed by atoms with Gasteiger partial charge in [0.15, 0.2) is 0 Å². The summed E-state index contributed by atoms with van der Waals surface area (Å²) < 4.78 is 5.42. The van der Waals surface area contributed by atoms with Crippen LogP contribution in [0.4, 0.5) is 0 Å². The lowest BCUT2D eigenvalue weighted by atomic mass is 9.74. The summed E-state index contributed by atoms with van der Waals surface area (Å²) in [6, 6.07) is 6.26. The van der Waals surface area contributed by atoms with Crippen molar-refractivity contribution in [3.05, 3.63) is 29.5 Å². The zero-order valence-electron chi connectivity index (χ0n) is 11.2. The number of H-pyrrole nitrogens is 1. The average Bonchev–Trinajstić information content (AvgIpc) is 2.64. The number of nitrogens with one attached hydrogen (secondary N) is 1. The Kier molecular flexibility index (Phi) is 2.42. The summed E-state index contributed by atoms with van der Waals surface area (Å²) >= 11 is 0. The van der Waals surface area contributed by atoms with E-state index in [-0.39, 0.29) is 11.5 Å². The Bertz CT molecular complexity index is 598. The molecule has 18 heavy (non-hydrogen) atoms. The molecule has 1 aliphatic rings. The molecule has 1 atom stereocenters. The number of methoxy groups -OCH3 is 1. The van der Waals surface area contributed by atoms with Crippen molar-refractivity contribution >= 4 is 10.9 Å². The zero-order chi connectivity index (χ0) is 12.9. The number of nitrogens with two attached hydrogens (primary N) is 1. The quantitative estimate of drug-likeness (QED) is 0.809. The molecule has 0 saturated carbocycles. The van der Waals surface area contributed by atoms with Gasteiger partial charge in [-0.05, 0) is 29.9 Å². The Morgan fingerprint density at radius 3 is 2.89 bits per heavy atom. The Balaban J connectivity index is 2.26. The van der Waals surface area contributed by atoms with Gasteiger partial charge in [0.1, 0.15) is 5.75 Å². The molecule has 0 spiro atoms. The lowest BCUT2D eigenvalue weighted by Crippen LogP contribution is -2.29. The second kappa shape index (κ2) is 3.75. The molecule has 2 aromatic rings. The highest BCUT2D eigenvalue weighted by molar-refractivity contribution is 5.90. The molecule has 0 bridgehead atoms. The number of para-hydroxylation sites is 1. The molecule has 0 saturated heterocycles. The molecule has 1 aromatic carbocycles. The fourth-order valence-electron chi connectivity index (χ4n) is 3.25. The third kappa shape index (κ3) is 1.62. The molecule has 1 unspecified atom stereocenters. The van der Waals surface area contributed by atoms with Crippen LogP contribution in [0.2, 0.25) is 0 Å². The Morgan fingerprint density at radius 2 is 2.17 bits per heavy atom. The minimum Gasteiger partial charge on any atom is -0.495 e. The predicted octanol–water partition coefficient (Wildman–Crippen LogP) is 3.15. The highest BCUT2D eigenvalue weighted by Gasteiger charge is 2.33. The van der Waals surface area contributed by atoms with Gasteiger partial charge in [0.2, 0.25) is 0 Å². The van der Waals surface area contributed by atoms with Crippen LogP contribution in [0.1, 0.15) is 37.6 Å². The number of hydrogen-bond acceptors (Lipinski definition) is 2. The van der Waals surface area contributed by atoms with Crippen LogP contribution in [0.3, 0.4) is 0 Å². The van der Waals surface area contributed by atoms with E-state index in [4.69, 9.17) is 10.5 Å². The molecule has 0 fully saturated rings. The largest absolute Gasteiger partial charge is 0.495 e. The standard InChI is InChI=1S/C15H20N2O/c1-15(2)7-10(16)13-9-5-4-6-12(18-3)14(9)17-11(13)8-15/h4-6,10,17H,7-8,16H2,1-3H3. The molecular formula is C15H20N2O. The van der Waals surface area contributed by atoms with Gasteiger partial charge >= 0.3 is 0 Å². The van der Waals surface area contributed by atoms with E-state index in [0.29, 0.717) is 0 Å². The predicted molar refractivity (Wildman–Crippen MR) is 73.9 cm³/mol. The molecule has 3 heteroatoms. The number of aromatic amines is 1. The van der Waals surface area contributed by atoms with E-state index in [1.54, 1.807) is 7.11 Å². The van der Waals surface area contributed by atoms with E-state index in [1.165, 1.54) is 16.6 Å². The van der Waals surface area contributed by atoms with E-state index in [2.05, 4.69) is 24.9 Å². The number of hydrogen-bond donors (Lipinski definition) is 2. The van der Waals surface area contributed by atoms with Crippen molar-refractivity contribution in [2.45, 2.75) is 32.7 Å². The molecular weight excluding hydrogens is 224 g/mol. The van der Waals surface area contributed by atoms with Crippen molar-refractivity contribution in [2.24, 2.45) is 11.1 Å². The summed E-state index contributed by atoms with van der Waals surface area (Å²) in [5.74, 6) is 0.895. The Morgan fingerprint density at radius 1 is 1.39 bits per heavy atom. The van der Waals surface area contributed by atoms with Crippen LogP contribution in [0, 0.1) is 5.41 Å². The Labute approximate surface area is 107 Å². The minimum absolute atomic E-state index is 0.115. The molecule has 0 amide bonds. The molecule has 3 rings (SSSR count). The van der Waals surface area contributed by atoms with Gasteiger partial charge in [-0.1, -0.05) is 26.0 Å². The summed E-state index contributed by atoms with van der Waals surface area (Å²) in [7, 11) is 1.71. The molecule has 96 valence electrons. The summed E-state index contributed by atoms with van der Waals surface area (Å²) in [4.78, 5) is 3.52. The lowest BCUT2D eigenvalue weighted by molar-refractivity contribution is 0.281. The van der Waals surface area contributed by atoms with Crippen LogP contribution in [0.15, 0.2) is 18.2 Å². The number of ether oxygens (including phenoxy) is 1. The highest BCUT2D eigenvalue weighted by atomic mass is 16.5. The first kappa shape index (κ1) is 11.6. The zero-order valence-corrected chi connectivity index (χ0v) is 11.2. The minimum atomic E-state index is 0.115. The molecule has 1 aromatic heterocycles. The van der Waals surface area contributed by atoms with E-state index in [0.717, 1.165) is 24.1 Å². The molecule has 1 aliphatic carbocycles. The topological polar surface area (TPSA) is 51.0 Å². The smallest absolute Gasteiger partial charge is 0.142 e. The molecule has 3 N–H and O–H groups in total. The molecule has 1 heterocycles. The van der Waals surface area contributed by atoms with Crippen LogP contribution in [-0.2, 0) is 6.42 Å². The van der Waals surface area contributed by atoms with E-state index in [1.807, 2.05) is 12.1 Å². The van der Waals surface area contributed by atoms with E-state index >= 15 is 0 Å². The van der Waals surface area contributed by atoms with Gasteiger partial charge in [0, 0.05) is 17.1 Å². The van der Waals surface area contributed by atoms with Crippen molar-refractivity contribution in [1.29, 1.82) is 0 Å². The van der Waals surface area contributed by atoms with Crippen LogP contribution < -0.4 is 10.5 Å². The van der Waals surface area contributed by atoms with Gasteiger partial charge in [-0.2, -0.15) is 0 Å². The average molecular weight is 244 g/mol. The lowest BCUT2D eigenvalue weighted by Gasteiger charge is -2.33. The van der Waals surface area contributed by atoms with Gasteiger partial charge in [0.25, 0.3) is 0 Å². The van der Waals surface area contributed by atoms with Crippen LogP contribution in [0.25, 0.3) is 10.9 Å². The first-order valence-corrected chi connectivity index (χ1v) is 6.45. The molecule has 3 nitrogen and oxygen atoms in total. The van der Waals surface area contributed by atoms with Gasteiger partial charge in [0.05, 0.1) is 12.6 Å². The van der Waals surface area contributed by atoms with Crippen LogP contribution in [0.5, 0.6) is 5.75 Å². The normalized spacial score (nSPS) is 21.9. The molecule has 0 radical (unpaired) electrons. The third-order valence-corrected chi connectivity index (χ3v) is 3.94. The SMILES string of the molecule is COc1cccc2c3c([nH]c12)CC(C)(C)CC3N. The fraction of sp³-hybridized carbons (Fsp3) is 0.467. The van der Waals surface area contributed by atoms with Gasteiger partial charge in [-0.3, -0.25) is 0 Å². The summed E-state index contributed by atoms with van der Waals surface area (Å²) in [5, 5.41) is 1.22. The van der Waals surface area contributed by atoms with Crippen molar-refractivity contribution in [1.82, 2.24) is 4.98 Å². The number of fused-ring (bicyclic) bond motifs is 3. The fourth-order valence-corrected chi connectivity index (χ4v) is 3.25. The first-order valence-electron chi connectivity index (χ1n) is 6.45. The number of benzene rings is 1. The van der Waals surface area contributed by atoms with Crippen LogP contribution in [-0.4, -0.2) is 12.1 Å². The third-order valence-electron chi connectivity index (χ3n) is 3.94. The van der Waals surface area contributed by atoms with Crippen molar-refractivity contribution in [3.8, 4) is 5.75 Å². The second-order valence-corrected chi connectivity index (χ2v) is 6.05. The van der Waals surface area contributed by atoms with Crippen molar-refractivity contribution in [2.75, 3.05) is 7.11 Å². The summed E-state index contributed by atoms with van der Waals surface area (Å²) in [6.45, 7) is 4.55. The number of rotatable bonds is 1. The maximum atomic E-state index is 6.36. The van der Waals surface area contributed by atoms with Gasteiger partial charge in [-0.25, -0.2) is 0 Å². The van der Waals surface area contributed by atoms with Crippen molar-refractivity contribution < 1.29 is 4.74 Å². The van der Waals surface area contributed by atoms with E-state index in [9.17, 15) is 0 Å². The maximum Gasteiger partial charge on any atom is 0.142 e. The monoisotopic (exact) mass is 244 g/mol. The number of aromatic nitrogens is 1. The Hall–Kier alpha value is -1.48.